The van der Waals surface area contributed by atoms with Crippen LogP contribution in [-0.4, -0.2) is 37.5 Å². The number of nitrogens with zero attached hydrogens (tertiary/aromatic N) is 1. The van der Waals surface area contributed by atoms with Crippen LogP contribution >= 0.6 is 0 Å². The van der Waals surface area contributed by atoms with Crippen molar-refractivity contribution >= 4 is 17.5 Å². The number of carbonyl (C=O) groups excluding carboxylic acids is 2. The van der Waals surface area contributed by atoms with Gasteiger partial charge in [0.25, 0.3) is 5.91 Å². The van der Waals surface area contributed by atoms with Gasteiger partial charge in [-0.3, -0.25) is 9.59 Å². The molecular weight excluding hydrogens is 375 g/mol. The Morgan fingerprint density at radius 3 is 2.31 bits per heavy atom. The van der Waals surface area contributed by atoms with Crippen molar-refractivity contribution in [2.45, 2.75) is 34.2 Å². The van der Waals surface area contributed by atoms with E-state index in [0.29, 0.717) is 22.7 Å². The van der Waals surface area contributed by atoms with Crippen molar-refractivity contribution < 1.29 is 23.5 Å². The predicted octanol–water partition coefficient (Wildman–Crippen LogP) is 4.49. The Bertz CT molecular complexity index is 840. The Kier molecular flexibility index (Phi) is 9.65. The lowest BCUT2D eigenvalue weighted by molar-refractivity contribution is -0.116. The average molecular weight is 404 g/mol. The van der Waals surface area contributed by atoms with Crippen molar-refractivity contribution in [1.29, 1.82) is 0 Å². The molecule has 2 amide bonds. The molecule has 7 heteroatoms. The number of methoxy groups -OCH3 is 2. The van der Waals surface area contributed by atoms with Crippen molar-refractivity contribution in [2.24, 2.45) is 0 Å². The lowest BCUT2D eigenvalue weighted by Crippen LogP contribution is -2.34. The van der Waals surface area contributed by atoms with E-state index in [1.165, 1.54) is 24.1 Å². The number of amides is 2. The van der Waals surface area contributed by atoms with E-state index < -0.39 is 11.7 Å². The summed E-state index contributed by atoms with van der Waals surface area (Å²) in [6.07, 6.45) is 0. The molecule has 0 spiro atoms. The Hall–Kier alpha value is -3.09. The van der Waals surface area contributed by atoms with Crippen molar-refractivity contribution in [1.82, 2.24) is 4.90 Å². The second-order valence-corrected chi connectivity index (χ2v) is 5.58. The molecule has 1 aliphatic rings. The number of hydrogen-bond acceptors (Lipinski definition) is 4. The molecule has 0 bridgehead atoms. The summed E-state index contributed by atoms with van der Waals surface area (Å²) in [4.78, 5) is 26.2. The van der Waals surface area contributed by atoms with E-state index in [1.54, 1.807) is 25.3 Å². The number of fused-ring (bicyclic) bond motifs is 1. The van der Waals surface area contributed by atoms with Crippen LogP contribution in [0.5, 0.6) is 11.5 Å². The maximum Gasteiger partial charge on any atom is 0.256 e. The van der Waals surface area contributed by atoms with Crippen molar-refractivity contribution in [3.63, 3.8) is 0 Å². The minimum absolute atomic E-state index is 0.123. The largest absolute Gasteiger partial charge is 0.497 e. The van der Waals surface area contributed by atoms with Crippen molar-refractivity contribution in [2.75, 3.05) is 26.1 Å². The lowest BCUT2D eigenvalue weighted by Gasteiger charge is -2.21. The molecular formula is C22H29FN2O4. The van der Waals surface area contributed by atoms with Gasteiger partial charge < -0.3 is 19.7 Å². The molecule has 2 aromatic rings. The summed E-state index contributed by atoms with van der Waals surface area (Å²) in [5, 5.41) is 2.62. The van der Waals surface area contributed by atoms with E-state index in [9.17, 15) is 14.0 Å². The van der Waals surface area contributed by atoms with Gasteiger partial charge in [-0.15, -0.1) is 0 Å². The number of hydrogen-bond donors (Lipinski definition) is 1. The van der Waals surface area contributed by atoms with Gasteiger partial charge >= 0.3 is 0 Å². The predicted molar refractivity (Wildman–Crippen MR) is 112 cm³/mol. The van der Waals surface area contributed by atoms with Gasteiger partial charge in [0.05, 0.1) is 32.0 Å². The van der Waals surface area contributed by atoms with Crippen LogP contribution in [0.3, 0.4) is 0 Å². The Balaban J connectivity index is 0.000000989. The molecule has 29 heavy (non-hydrogen) atoms. The topological polar surface area (TPSA) is 67.9 Å². The fraction of sp³-hybridized carbons (Fsp3) is 0.364. The summed E-state index contributed by atoms with van der Waals surface area (Å²) in [6.45, 7) is 8.01. The minimum Gasteiger partial charge on any atom is -0.497 e. The van der Waals surface area contributed by atoms with Crippen LogP contribution in [0, 0.1) is 5.82 Å². The van der Waals surface area contributed by atoms with Gasteiger partial charge in [0, 0.05) is 11.6 Å². The first kappa shape index (κ1) is 23.9. The molecule has 3 rings (SSSR count). The zero-order chi connectivity index (χ0) is 22.0. The molecule has 0 saturated heterocycles. The summed E-state index contributed by atoms with van der Waals surface area (Å²) in [5.41, 5.74) is 1.14. The maximum atomic E-state index is 13.5. The third-order valence-electron chi connectivity index (χ3n) is 3.96. The molecule has 0 aliphatic carbocycles. The smallest absolute Gasteiger partial charge is 0.256 e. The van der Waals surface area contributed by atoms with Gasteiger partial charge in [0.1, 0.15) is 23.9 Å². The van der Waals surface area contributed by atoms with Crippen LogP contribution < -0.4 is 14.8 Å². The van der Waals surface area contributed by atoms with Crippen LogP contribution in [0.2, 0.25) is 0 Å². The number of carbonyl (C=O) groups is 2. The van der Waals surface area contributed by atoms with Gasteiger partial charge in [0.15, 0.2) is 0 Å². The third-order valence-corrected chi connectivity index (χ3v) is 3.96. The third kappa shape index (κ3) is 5.94. The Labute approximate surface area is 171 Å². The van der Waals surface area contributed by atoms with Crippen LogP contribution in [-0.2, 0) is 11.3 Å². The molecule has 0 atom stereocenters. The standard InChI is InChI=1S/C18H17FN2O4.2C2H6/c1-24-13-5-3-11(16(8-13)25-2)9-21-10-17(22)20-15-6-4-12(19)7-14(15)18(21)23;2*1-2/h3-8H,9-10H2,1-2H3,(H,20,22);2*1-2H3. The second-order valence-electron chi connectivity index (χ2n) is 5.58. The molecule has 0 fully saturated rings. The van der Waals surface area contributed by atoms with Gasteiger partial charge in [-0.05, 0) is 30.3 Å². The molecule has 2 aromatic carbocycles. The number of ether oxygens (including phenoxy) is 2. The summed E-state index contributed by atoms with van der Waals surface area (Å²) in [6, 6.07) is 8.92. The molecule has 158 valence electrons. The lowest BCUT2D eigenvalue weighted by atomic mass is 10.1. The molecule has 0 unspecified atom stereocenters. The average Bonchev–Trinajstić information content (AvgIpc) is 2.87. The summed E-state index contributed by atoms with van der Waals surface area (Å²) >= 11 is 0. The summed E-state index contributed by atoms with van der Waals surface area (Å²) in [7, 11) is 3.06. The SMILES string of the molecule is CC.CC.COc1ccc(CN2CC(=O)Nc3ccc(F)cc3C2=O)c(OC)c1. The molecule has 0 aromatic heterocycles. The van der Waals surface area contributed by atoms with Crippen LogP contribution in [0.25, 0.3) is 0 Å². The highest BCUT2D eigenvalue weighted by atomic mass is 19.1. The van der Waals surface area contributed by atoms with Crippen LogP contribution in [0.1, 0.15) is 43.6 Å². The van der Waals surface area contributed by atoms with Crippen LogP contribution in [0.4, 0.5) is 10.1 Å². The number of rotatable bonds is 4. The quantitative estimate of drug-likeness (QED) is 0.815. The summed E-state index contributed by atoms with van der Waals surface area (Å²) in [5.74, 6) is -0.147. The van der Waals surface area contributed by atoms with Crippen molar-refractivity contribution in [3.05, 3.63) is 53.3 Å². The van der Waals surface area contributed by atoms with Crippen LogP contribution in [0.15, 0.2) is 36.4 Å². The van der Waals surface area contributed by atoms with E-state index >= 15 is 0 Å². The zero-order valence-corrected chi connectivity index (χ0v) is 17.8. The summed E-state index contributed by atoms with van der Waals surface area (Å²) < 4.78 is 24.0. The van der Waals surface area contributed by atoms with Gasteiger partial charge in [-0.25, -0.2) is 4.39 Å². The second kappa shape index (κ2) is 11.7. The van der Waals surface area contributed by atoms with Gasteiger partial charge in [-0.2, -0.15) is 0 Å². The fourth-order valence-corrected chi connectivity index (χ4v) is 2.72. The number of nitrogens with one attached hydrogen (secondary N) is 1. The molecule has 1 heterocycles. The van der Waals surface area contributed by atoms with E-state index in [-0.39, 0.29) is 24.6 Å². The zero-order valence-electron chi connectivity index (χ0n) is 17.8. The van der Waals surface area contributed by atoms with E-state index in [2.05, 4.69) is 5.32 Å². The minimum atomic E-state index is -0.537. The van der Waals surface area contributed by atoms with E-state index in [4.69, 9.17) is 9.47 Å². The first-order chi connectivity index (χ1) is 14.0. The first-order valence-electron chi connectivity index (χ1n) is 9.61. The van der Waals surface area contributed by atoms with Gasteiger partial charge in [0.2, 0.25) is 5.91 Å². The van der Waals surface area contributed by atoms with Gasteiger partial charge in [-0.1, -0.05) is 27.7 Å². The molecule has 1 aliphatic heterocycles. The molecule has 0 radical (unpaired) electrons. The normalized spacial score (nSPS) is 12.3. The molecule has 0 saturated carbocycles. The molecule has 6 nitrogen and oxygen atoms in total. The highest BCUT2D eigenvalue weighted by Crippen LogP contribution is 2.28. The number of halogens is 1. The van der Waals surface area contributed by atoms with E-state index in [1.807, 2.05) is 27.7 Å². The fourth-order valence-electron chi connectivity index (χ4n) is 2.72. The highest BCUT2D eigenvalue weighted by molar-refractivity contribution is 6.08. The number of anilines is 1. The molecule has 1 N–H and O–H groups in total. The monoisotopic (exact) mass is 404 g/mol. The number of benzene rings is 2. The highest BCUT2D eigenvalue weighted by Gasteiger charge is 2.27. The van der Waals surface area contributed by atoms with E-state index in [0.717, 1.165) is 6.07 Å². The Morgan fingerprint density at radius 2 is 1.69 bits per heavy atom. The Morgan fingerprint density at radius 1 is 1.00 bits per heavy atom. The first-order valence-corrected chi connectivity index (χ1v) is 9.61. The van der Waals surface area contributed by atoms with Crippen molar-refractivity contribution in [3.8, 4) is 11.5 Å². The maximum absolute atomic E-state index is 13.5.